The Bertz CT molecular complexity index is 543. The van der Waals surface area contributed by atoms with Crippen LogP contribution in [0.25, 0.3) is 0 Å². The third-order valence-corrected chi connectivity index (χ3v) is 3.52. The van der Waals surface area contributed by atoms with Crippen LogP contribution in [0.2, 0.25) is 5.02 Å². The van der Waals surface area contributed by atoms with E-state index in [1.807, 2.05) is 12.1 Å². The first-order valence-corrected chi connectivity index (χ1v) is 7.05. The number of aryl methyl sites for hydroxylation is 2. The van der Waals surface area contributed by atoms with Crippen molar-refractivity contribution < 1.29 is 0 Å². The molecule has 1 N–H and O–H groups in total. The molecular weight excluding hydrogens is 254 g/mol. The van der Waals surface area contributed by atoms with Gasteiger partial charge in [-0.1, -0.05) is 48.9 Å². The smallest absolute Gasteiger partial charge is 0.0579 e. The second kappa shape index (κ2) is 6.23. The van der Waals surface area contributed by atoms with Crippen molar-refractivity contribution in [2.24, 2.45) is 0 Å². The van der Waals surface area contributed by atoms with Gasteiger partial charge in [-0.3, -0.25) is 0 Å². The summed E-state index contributed by atoms with van der Waals surface area (Å²) in [7, 11) is 0. The number of hydrogen-bond donors (Lipinski definition) is 1. The van der Waals surface area contributed by atoms with Gasteiger partial charge in [0.05, 0.1) is 6.04 Å². The van der Waals surface area contributed by atoms with E-state index in [1.165, 1.54) is 22.3 Å². The molecule has 0 amide bonds. The predicted octanol–water partition coefficient (Wildman–Crippen LogP) is 4.66. The highest BCUT2D eigenvalue weighted by molar-refractivity contribution is 6.30. The van der Waals surface area contributed by atoms with E-state index in [-0.39, 0.29) is 6.04 Å². The molecule has 0 aromatic heterocycles. The van der Waals surface area contributed by atoms with Gasteiger partial charge >= 0.3 is 0 Å². The summed E-state index contributed by atoms with van der Waals surface area (Å²) in [6.45, 7) is 7.28. The van der Waals surface area contributed by atoms with E-state index in [4.69, 9.17) is 11.6 Å². The Morgan fingerprint density at radius 2 is 1.84 bits per heavy atom. The summed E-state index contributed by atoms with van der Waals surface area (Å²) in [4.78, 5) is 0. The summed E-state index contributed by atoms with van der Waals surface area (Å²) < 4.78 is 0. The van der Waals surface area contributed by atoms with E-state index >= 15 is 0 Å². The average Bonchev–Trinajstić information content (AvgIpc) is 2.36. The molecule has 0 spiro atoms. The molecule has 1 atom stereocenters. The topological polar surface area (TPSA) is 12.0 Å². The summed E-state index contributed by atoms with van der Waals surface area (Å²) in [5.74, 6) is 0. The maximum atomic E-state index is 6.19. The Morgan fingerprint density at radius 3 is 2.47 bits per heavy atom. The minimum Gasteiger partial charge on any atom is -0.307 e. The Labute approximate surface area is 120 Å². The number of halogens is 1. The SMILES string of the molecule is CCNC(c1cc(C)cc(Cl)c1)c1ccccc1C. The number of nitrogens with one attached hydrogen (secondary N) is 1. The first-order chi connectivity index (χ1) is 9.11. The summed E-state index contributed by atoms with van der Waals surface area (Å²) in [6.07, 6.45) is 0. The van der Waals surface area contributed by atoms with Gasteiger partial charge in [-0.05, 0) is 54.8 Å². The van der Waals surface area contributed by atoms with E-state index in [1.54, 1.807) is 0 Å². The fraction of sp³-hybridized carbons (Fsp3) is 0.294. The molecule has 1 nitrogen and oxygen atoms in total. The molecule has 2 rings (SSSR count). The zero-order valence-electron chi connectivity index (χ0n) is 11.7. The van der Waals surface area contributed by atoms with Crippen molar-refractivity contribution in [2.75, 3.05) is 6.54 Å². The molecule has 0 aliphatic rings. The van der Waals surface area contributed by atoms with Crippen LogP contribution < -0.4 is 5.32 Å². The van der Waals surface area contributed by atoms with Gasteiger partial charge in [0.25, 0.3) is 0 Å². The molecule has 0 heterocycles. The number of benzene rings is 2. The van der Waals surface area contributed by atoms with Gasteiger partial charge < -0.3 is 5.32 Å². The van der Waals surface area contributed by atoms with Crippen LogP contribution in [-0.4, -0.2) is 6.54 Å². The van der Waals surface area contributed by atoms with E-state index in [0.717, 1.165) is 11.6 Å². The van der Waals surface area contributed by atoms with Gasteiger partial charge in [-0.2, -0.15) is 0 Å². The Hall–Kier alpha value is -1.31. The number of hydrogen-bond acceptors (Lipinski definition) is 1. The van der Waals surface area contributed by atoms with Crippen molar-refractivity contribution in [3.05, 3.63) is 69.7 Å². The Balaban J connectivity index is 2.48. The molecule has 0 aliphatic heterocycles. The number of rotatable bonds is 4. The quantitative estimate of drug-likeness (QED) is 0.855. The molecule has 0 fully saturated rings. The van der Waals surface area contributed by atoms with Gasteiger partial charge in [0, 0.05) is 5.02 Å². The molecule has 0 aliphatic carbocycles. The van der Waals surface area contributed by atoms with Gasteiger partial charge in [0.2, 0.25) is 0 Å². The molecule has 2 aromatic carbocycles. The lowest BCUT2D eigenvalue weighted by atomic mass is 9.94. The summed E-state index contributed by atoms with van der Waals surface area (Å²) in [5, 5.41) is 4.35. The zero-order valence-corrected chi connectivity index (χ0v) is 12.5. The van der Waals surface area contributed by atoms with E-state index in [0.29, 0.717) is 0 Å². The largest absolute Gasteiger partial charge is 0.307 e. The van der Waals surface area contributed by atoms with Gasteiger partial charge in [0.15, 0.2) is 0 Å². The van der Waals surface area contributed by atoms with Crippen LogP contribution >= 0.6 is 11.6 Å². The van der Waals surface area contributed by atoms with Crippen LogP contribution in [-0.2, 0) is 0 Å². The minimum atomic E-state index is 0.198. The van der Waals surface area contributed by atoms with Gasteiger partial charge in [0.1, 0.15) is 0 Å². The summed E-state index contributed by atoms with van der Waals surface area (Å²) in [6, 6.07) is 14.9. The first-order valence-electron chi connectivity index (χ1n) is 6.68. The molecule has 0 bridgehead atoms. The van der Waals surface area contributed by atoms with E-state index in [2.05, 4.69) is 56.4 Å². The van der Waals surface area contributed by atoms with Crippen molar-refractivity contribution in [2.45, 2.75) is 26.8 Å². The normalized spacial score (nSPS) is 12.4. The fourth-order valence-electron chi connectivity index (χ4n) is 2.45. The van der Waals surface area contributed by atoms with Gasteiger partial charge in [-0.25, -0.2) is 0 Å². The van der Waals surface area contributed by atoms with Crippen molar-refractivity contribution >= 4 is 11.6 Å². The van der Waals surface area contributed by atoms with E-state index in [9.17, 15) is 0 Å². The molecule has 0 saturated heterocycles. The van der Waals surface area contributed by atoms with E-state index < -0.39 is 0 Å². The molecule has 100 valence electrons. The van der Waals surface area contributed by atoms with Crippen LogP contribution in [0.5, 0.6) is 0 Å². The van der Waals surface area contributed by atoms with Crippen LogP contribution in [0.15, 0.2) is 42.5 Å². The molecule has 1 unspecified atom stereocenters. The molecule has 0 radical (unpaired) electrons. The third-order valence-electron chi connectivity index (χ3n) is 3.31. The van der Waals surface area contributed by atoms with Crippen molar-refractivity contribution in [1.29, 1.82) is 0 Å². The van der Waals surface area contributed by atoms with Crippen molar-refractivity contribution in [3.63, 3.8) is 0 Å². The zero-order chi connectivity index (χ0) is 13.8. The van der Waals surface area contributed by atoms with Crippen LogP contribution in [0.4, 0.5) is 0 Å². The summed E-state index contributed by atoms with van der Waals surface area (Å²) >= 11 is 6.19. The molecule has 0 saturated carbocycles. The molecule has 2 aromatic rings. The highest BCUT2D eigenvalue weighted by Gasteiger charge is 2.15. The standard InChI is InChI=1S/C17H20ClN/c1-4-19-17(16-8-6-5-7-13(16)3)14-9-12(2)10-15(18)11-14/h5-11,17,19H,4H2,1-3H3. The Morgan fingerprint density at radius 1 is 1.11 bits per heavy atom. The predicted molar refractivity (Wildman–Crippen MR) is 82.9 cm³/mol. The van der Waals surface area contributed by atoms with Crippen LogP contribution in [0.1, 0.15) is 35.2 Å². The highest BCUT2D eigenvalue weighted by atomic mass is 35.5. The minimum absolute atomic E-state index is 0.198. The average molecular weight is 274 g/mol. The lowest BCUT2D eigenvalue weighted by Gasteiger charge is -2.21. The van der Waals surface area contributed by atoms with Crippen molar-refractivity contribution in [1.82, 2.24) is 5.32 Å². The molecule has 19 heavy (non-hydrogen) atoms. The second-order valence-electron chi connectivity index (χ2n) is 4.91. The van der Waals surface area contributed by atoms with Crippen LogP contribution in [0.3, 0.4) is 0 Å². The summed E-state index contributed by atoms with van der Waals surface area (Å²) in [5.41, 5.74) is 5.03. The fourth-order valence-corrected chi connectivity index (χ4v) is 2.75. The van der Waals surface area contributed by atoms with Gasteiger partial charge in [-0.15, -0.1) is 0 Å². The highest BCUT2D eigenvalue weighted by Crippen LogP contribution is 2.27. The maximum Gasteiger partial charge on any atom is 0.0579 e. The monoisotopic (exact) mass is 273 g/mol. The van der Waals surface area contributed by atoms with Crippen molar-refractivity contribution in [3.8, 4) is 0 Å². The Kier molecular flexibility index (Phi) is 4.62. The lowest BCUT2D eigenvalue weighted by molar-refractivity contribution is 0.627. The lowest BCUT2D eigenvalue weighted by Crippen LogP contribution is -2.22. The molecule has 2 heteroatoms. The van der Waals surface area contributed by atoms with Crippen LogP contribution in [0, 0.1) is 13.8 Å². The second-order valence-corrected chi connectivity index (χ2v) is 5.35. The first kappa shape index (κ1) is 14.1. The third kappa shape index (κ3) is 3.37. The molecular formula is C17H20ClN. The maximum absolute atomic E-state index is 6.19.